The van der Waals surface area contributed by atoms with Crippen LogP contribution in [-0.4, -0.2) is 99.6 Å². The van der Waals surface area contributed by atoms with Crippen molar-refractivity contribution in [3.63, 3.8) is 0 Å². The lowest BCUT2D eigenvalue weighted by Gasteiger charge is -2.31. The van der Waals surface area contributed by atoms with Crippen molar-refractivity contribution in [2.45, 2.75) is 12.5 Å². The minimum Gasteiger partial charge on any atom is -0.497 e. The lowest BCUT2D eigenvalue weighted by atomic mass is 9.97. The zero-order valence-electron chi connectivity index (χ0n) is 24.9. The molecule has 0 N–H and O–H groups in total. The third kappa shape index (κ3) is 7.15. The van der Waals surface area contributed by atoms with Gasteiger partial charge in [-0.05, 0) is 42.5 Å². The van der Waals surface area contributed by atoms with Crippen LogP contribution in [0.2, 0.25) is 0 Å². The molecule has 5 rings (SSSR count). The van der Waals surface area contributed by atoms with Gasteiger partial charge in [-0.3, -0.25) is 14.5 Å². The summed E-state index contributed by atoms with van der Waals surface area (Å²) in [6, 6.07) is 21.8. The zero-order chi connectivity index (χ0) is 30.2. The summed E-state index contributed by atoms with van der Waals surface area (Å²) in [5.41, 5.74) is 2.96. The number of rotatable bonds is 11. The molecule has 2 heterocycles. The monoisotopic (exact) mass is 586 g/mol. The minimum absolute atomic E-state index is 0.129. The number of hydrogen-bond donors (Lipinski definition) is 0. The Morgan fingerprint density at radius 2 is 1.65 bits per heavy atom. The van der Waals surface area contributed by atoms with Crippen molar-refractivity contribution in [3.05, 3.63) is 89.5 Å². The van der Waals surface area contributed by atoms with Gasteiger partial charge in [0.05, 0.1) is 46.3 Å². The fraction of sp³-hybridized carbons (Fsp3) is 0.364. The second kappa shape index (κ2) is 14.2. The maximum Gasteiger partial charge on any atom is 0.262 e. The van der Waals surface area contributed by atoms with Crippen molar-refractivity contribution in [3.8, 4) is 17.2 Å². The second-order valence-corrected chi connectivity index (χ2v) is 10.4. The highest BCUT2D eigenvalue weighted by atomic mass is 16.5. The van der Waals surface area contributed by atoms with Crippen molar-refractivity contribution in [2.24, 2.45) is 5.10 Å². The van der Waals surface area contributed by atoms with Gasteiger partial charge in [0.1, 0.15) is 23.8 Å². The Morgan fingerprint density at radius 3 is 2.37 bits per heavy atom. The first kappa shape index (κ1) is 30.1. The van der Waals surface area contributed by atoms with E-state index in [4.69, 9.17) is 24.0 Å². The van der Waals surface area contributed by atoms with Gasteiger partial charge in [-0.25, -0.2) is 5.01 Å². The number of methoxy groups -OCH3 is 3. The van der Waals surface area contributed by atoms with Gasteiger partial charge >= 0.3 is 0 Å². The van der Waals surface area contributed by atoms with Crippen LogP contribution in [0.15, 0.2) is 77.9 Å². The van der Waals surface area contributed by atoms with E-state index in [0.29, 0.717) is 55.5 Å². The van der Waals surface area contributed by atoms with Crippen LogP contribution in [0.3, 0.4) is 0 Å². The second-order valence-electron chi connectivity index (χ2n) is 10.4. The lowest BCUT2D eigenvalue weighted by molar-refractivity contribution is -0.133. The molecule has 3 aromatic carbocycles. The summed E-state index contributed by atoms with van der Waals surface area (Å²) in [4.78, 5) is 31.8. The summed E-state index contributed by atoms with van der Waals surface area (Å²) in [5.74, 6) is 1.53. The van der Waals surface area contributed by atoms with Crippen LogP contribution < -0.4 is 14.2 Å². The average molecular weight is 587 g/mol. The Labute approximate surface area is 252 Å². The number of hydrazone groups is 1. The molecule has 10 nitrogen and oxygen atoms in total. The first-order valence-corrected chi connectivity index (χ1v) is 14.4. The Balaban J connectivity index is 1.44. The highest BCUT2D eigenvalue weighted by Gasteiger charge is 2.36. The van der Waals surface area contributed by atoms with E-state index in [1.165, 1.54) is 5.01 Å². The molecule has 43 heavy (non-hydrogen) atoms. The predicted molar refractivity (Wildman–Crippen MR) is 163 cm³/mol. The molecular weight excluding hydrogens is 548 g/mol. The molecular formula is C33H38N4O6. The molecule has 0 radical (unpaired) electrons. The number of nitrogens with zero attached hydrogens (tertiary/aromatic N) is 4. The number of hydrogen-bond acceptors (Lipinski definition) is 8. The van der Waals surface area contributed by atoms with Gasteiger partial charge < -0.3 is 23.8 Å². The van der Waals surface area contributed by atoms with Crippen LogP contribution in [-0.2, 0) is 9.53 Å². The average Bonchev–Trinajstić information content (AvgIpc) is 3.52. The molecule has 0 saturated carbocycles. The summed E-state index contributed by atoms with van der Waals surface area (Å²) < 4.78 is 21.8. The predicted octanol–water partition coefficient (Wildman–Crippen LogP) is 3.86. The third-order valence-electron chi connectivity index (χ3n) is 7.81. The minimum atomic E-state index is -0.401. The first-order chi connectivity index (χ1) is 21.0. The number of amides is 2. The highest BCUT2D eigenvalue weighted by Crippen LogP contribution is 2.38. The van der Waals surface area contributed by atoms with Crippen molar-refractivity contribution in [1.29, 1.82) is 0 Å². The molecule has 0 aliphatic carbocycles. The van der Waals surface area contributed by atoms with Gasteiger partial charge in [0, 0.05) is 49.3 Å². The summed E-state index contributed by atoms with van der Waals surface area (Å²) in [7, 11) is 4.82. The fourth-order valence-corrected chi connectivity index (χ4v) is 5.39. The zero-order valence-corrected chi connectivity index (χ0v) is 24.9. The molecule has 1 saturated heterocycles. The Hall–Kier alpha value is -4.41. The van der Waals surface area contributed by atoms with Crippen molar-refractivity contribution < 1.29 is 28.5 Å². The molecule has 2 amide bonds. The van der Waals surface area contributed by atoms with E-state index in [9.17, 15) is 9.59 Å². The topological polar surface area (TPSA) is 93.1 Å². The van der Waals surface area contributed by atoms with Crippen molar-refractivity contribution in [1.82, 2.24) is 14.8 Å². The number of ether oxygens (including phenoxy) is 4. The Bertz CT molecular complexity index is 1440. The molecule has 0 aromatic heterocycles. The number of carbonyl (C=O) groups excluding carboxylic acids is 2. The summed E-state index contributed by atoms with van der Waals surface area (Å²) in [5, 5.41) is 6.34. The largest absolute Gasteiger partial charge is 0.497 e. The fourth-order valence-electron chi connectivity index (χ4n) is 5.39. The summed E-state index contributed by atoms with van der Waals surface area (Å²) in [6.07, 6.45) is 0.486. The molecule has 2 aliphatic rings. The van der Waals surface area contributed by atoms with Gasteiger partial charge in [0.2, 0.25) is 0 Å². The third-order valence-corrected chi connectivity index (χ3v) is 7.81. The molecule has 0 spiro atoms. The van der Waals surface area contributed by atoms with E-state index in [1.54, 1.807) is 50.5 Å². The number of carbonyl (C=O) groups is 2. The quantitative estimate of drug-likeness (QED) is 0.337. The van der Waals surface area contributed by atoms with Gasteiger partial charge in [0.25, 0.3) is 11.8 Å². The van der Waals surface area contributed by atoms with Crippen LogP contribution in [0.4, 0.5) is 0 Å². The normalized spacial score (nSPS) is 16.9. The van der Waals surface area contributed by atoms with Crippen LogP contribution >= 0.6 is 0 Å². The number of benzene rings is 3. The van der Waals surface area contributed by atoms with Crippen LogP contribution in [0.5, 0.6) is 17.2 Å². The maximum atomic E-state index is 14.1. The lowest BCUT2D eigenvalue weighted by Crippen LogP contribution is -2.46. The smallest absolute Gasteiger partial charge is 0.262 e. The number of morpholine rings is 1. The maximum absolute atomic E-state index is 14.1. The summed E-state index contributed by atoms with van der Waals surface area (Å²) in [6.45, 7) is 3.77. The van der Waals surface area contributed by atoms with Crippen molar-refractivity contribution >= 4 is 17.5 Å². The SMILES string of the molecule is COc1ccc(C(=O)N(CCN2CCOCC2)CC(=O)N2N=C(c3cccc(OC)c3)C[C@@H]2c2ccccc2OC)cc1. The van der Waals surface area contributed by atoms with Gasteiger partial charge in [0.15, 0.2) is 0 Å². The molecule has 1 fully saturated rings. The standard InChI is InChI=1S/C33H38N4O6/c1-40-26-13-11-24(12-14-26)33(39)36(16-15-35-17-19-43-20-18-35)23-32(38)37-30(28-9-4-5-10-31(28)42-3)22-29(34-37)25-7-6-8-27(21-25)41-2/h4-14,21,30H,15-20,22-23H2,1-3H3/t30-/m1/s1. The summed E-state index contributed by atoms with van der Waals surface area (Å²) >= 11 is 0. The molecule has 226 valence electrons. The van der Waals surface area contributed by atoms with E-state index in [1.807, 2.05) is 48.5 Å². The Morgan fingerprint density at radius 1 is 0.907 bits per heavy atom. The first-order valence-electron chi connectivity index (χ1n) is 14.4. The molecule has 10 heteroatoms. The van der Waals surface area contributed by atoms with Gasteiger partial charge in [-0.15, -0.1) is 0 Å². The van der Waals surface area contributed by atoms with Gasteiger partial charge in [-0.2, -0.15) is 5.10 Å². The van der Waals surface area contributed by atoms with E-state index >= 15 is 0 Å². The van der Waals surface area contributed by atoms with Crippen LogP contribution in [0.25, 0.3) is 0 Å². The van der Waals surface area contributed by atoms with E-state index in [0.717, 1.165) is 29.9 Å². The molecule has 1 atom stereocenters. The van der Waals surface area contributed by atoms with Crippen LogP contribution in [0.1, 0.15) is 33.9 Å². The molecule has 0 unspecified atom stereocenters. The van der Waals surface area contributed by atoms with E-state index < -0.39 is 6.04 Å². The molecule has 3 aromatic rings. The molecule has 0 bridgehead atoms. The number of para-hydroxylation sites is 1. The van der Waals surface area contributed by atoms with E-state index in [2.05, 4.69) is 4.90 Å². The van der Waals surface area contributed by atoms with Crippen molar-refractivity contribution in [2.75, 3.05) is 67.3 Å². The Kier molecular flexibility index (Phi) is 9.91. The van der Waals surface area contributed by atoms with Gasteiger partial charge in [-0.1, -0.05) is 30.3 Å². The van der Waals surface area contributed by atoms with Crippen LogP contribution in [0, 0.1) is 0 Å². The molecule has 2 aliphatic heterocycles. The highest BCUT2D eigenvalue weighted by molar-refractivity contribution is 6.04. The van der Waals surface area contributed by atoms with E-state index in [-0.39, 0.29) is 18.4 Å².